The number of quaternary nitrogens is 1. The summed E-state index contributed by atoms with van der Waals surface area (Å²) in [5.74, 6) is -0.447. The van der Waals surface area contributed by atoms with Crippen LogP contribution in [0.15, 0.2) is 0 Å². The highest BCUT2D eigenvalue weighted by Gasteiger charge is 2.25. The molecular formula is C14H29IN2O4. The minimum atomic E-state index is -0.665. The number of methoxy groups -OCH3 is 1. The first kappa shape index (κ1) is 22.7. The number of hydrogen-bond acceptors (Lipinski definition) is 4. The molecule has 6 nitrogen and oxygen atoms in total. The lowest BCUT2D eigenvalue weighted by Crippen LogP contribution is -3.00. The first-order valence-electron chi connectivity index (χ1n) is 6.82. The highest BCUT2D eigenvalue weighted by Crippen LogP contribution is 2.09. The van der Waals surface area contributed by atoms with Crippen LogP contribution in [-0.2, 0) is 14.3 Å². The van der Waals surface area contributed by atoms with E-state index in [4.69, 9.17) is 9.47 Å². The lowest BCUT2D eigenvalue weighted by Gasteiger charge is -2.25. The summed E-state index contributed by atoms with van der Waals surface area (Å²) < 4.78 is 10.7. The van der Waals surface area contributed by atoms with Gasteiger partial charge in [-0.3, -0.25) is 0 Å². The van der Waals surface area contributed by atoms with Crippen molar-refractivity contribution in [3.05, 3.63) is 0 Å². The molecule has 1 atom stereocenters. The molecule has 0 rings (SSSR count). The second kappa shape index (κ2) is 9.45. The van der Waals surface area contributed by atoms with E-state index in [1.807, 2.05) is 0 Å². The van der Waals surface area contributed by atoms with E-state index in [0.717, 1.165) is 17.4 Å². The molecule has 0 aliphatic rings. The van der Waals surface area contributed by atoms with E-state index in [9.17, 15) is 9.59 Å². The molecule has 0 radical (unpaired) electrons. The Balaban J connectivity index is 0. The molecular weight excluding hydrogens is 387 g/mol. The second-order valence-electron chi connectivity index (χ2n) is 6.88. The third-order valence-corrected chi connectivity index (χ3v) is 2.50. The van der Waals surface area contributed by atoms with Gasteiger partial charge in [-0.2, -0.15) is 0 Å². The SMILES string of the molecule is COC(=O)C(CCC[N+](C)(C)C)NC(=O)OC(C)(C)C.[I-]. The molecule has 0 fully saturated rings. The fourth-order valence-electron chi connectivity index (χ4n) is 1.61. The Morgan fingerprint density at radius 3 is 2.10 bits per heavy atom. The van der Waals surface area contributed by atoms with Gasteiger partial charge in [0.15, 0.2) is 0 Å². The van der Waals surface area contributed by atoms with Crippen molar-refractivity contribution in [2.45, 2.75) is 45.3 Å². The first-order valence-corrected chi connectivity index (χ1v) is 6.82. The quantitative estimate of drug-likeness (QED) is 0.327. The molecule has 0 heterocycles. The number of hydrogen-bond donors (Lipinski definition) is 1. The van der Waals surface area contributed by atoms with Gasteiger partial charge in [0.1, 0.15) is 11.6 Å². The van der Waals surface area contributed by atoms with Crippen LogP contribution in [-0.4, -0.2) is 63.0 Å². The zero-order chi connectivity index (χ0) is 16.0. The molecule has 1 N–H and O–H groups in total. The van der Waals surface area contributed by atoms with Crippen LogP contribution in [0.4, 0.5) is 4.79 Å². The van der Waals surface area contributed by atoms with Crippen molar-refractivity contribution < 1.29 is 47.5 Å². The molecule has 0 saturated carbocycles. The van der Waals surface area contributed by atoms with Crippen molar-refractivity contribution in [3.63, 3.8) is 0 Å². The van der Waals surface area contributed by atoms with E-state index in [1.54, 1.807) is 20.8 Å². The maximum Gasteiger partial charge on any atom is 0.408 e. The largest absolute Gasteiger partial charge is 1.00 e. The number of nitrogens with one attached hydrogen (secondary N) is 1. The molecule has 7 heteroatoms. The van der Waals surface area contributed by atoms with Crippen LogP contribution in [0.25, 0.3) is 0 Å². The van der Waals surface area contributed by atoms with Gasteiger partial charge in [-0.25, -0.2) is 9.59 Å². The number of halogens is 1. The topological polar surface area (TPSA) is 64.6 Å². The van der Waals surface area contributed by atoms with Crippen molar-refractivity contribution >= 4 is 12.1 Å². The monoisotopic (exact) mass is 416 g/mol. The minimum Gasteiger partial charge on any atom is -1.00 e. The Labute approximate surface area is 145 Å². The fraction of sp³-hybridized carbons (Fsp3) is 0.857. The molecule has 0 aromatic rings. The predicted molar refractivity (Wildman–Crippen MR) is 77.3 cm³/mol. The fourth-order valence-corrected chi connectivity index (χ4v) is 1.61. The highest BCUT2D eigenvalue weighted by atomic mass is 127. The Bertz CT molecular complexity index is 335. The summed E-state index contributed by atoms with van der Waals surface area (Å²) in [5, 5.41) is 2.57. The number of alkyl carbamates (subject to hydrolysis) is 1. The average molecular weight is 416 g/mol. The van der Waals surface area contributed by atoms with Crippen molar-refractivity contribution in [1.82, 2.24) is 5.32 Å². The van der Waals surface area contributed by atoms with Crippen LogP contribution in [0.1, 0.15) is 33.6 Å². The molecule has 21 heavy (non-hydrogen) atoms. The number of carbonyl (C=O) groups is 2. The molecule has 0 saturated heterocycles. The van der Waals surface area contributed by atoms with Crippen LogP contribution in [0.3, 0.4) is 0 Å². The summed E-state index contributed by atoms with van der Waals surface area (Å²) in [4.78, 5) is 23.4. The van der Waals surface area contributed by atoms with E-state index in [2.05, 4.69) is 26.5 Å². The summed E-state index contributed by atoms with van der Waals surface area (Å²) >= 11 is 0. The number of rotatable bonds is 6. The van der Waals surface area contributed by atoms with Crippen LogP contribution in [0.2, 0.25) is 0 Å². The summed E-state index contributed by atoms with van der Waals surface area (Å²) in [6.45, 7) is 6.23. The summed E-state index contributed by atoms with van der Waals surface area (Å²) in [7, 11) is 7.54. The molecule has 1 unspecified atom stereocenters. The first-order chi connectivity index (χ1) is 8.94. The molecule has 0 spiro atoms. The Hall–Kier alpha value is -0.570. The molecule has 126 valence electrons. The van der Waals surface area contributed by atoms with Crippen LogP contribution in [0, 0.1) is 0 Å². The van der Waals surface area contributed by atoms with E-state index < -0.39 is 23.7 Å². The molecule has 0 aliphatic heterocycles. The molecule has 1 amide bonds. The smallest absolute Gasteiger partial charge is 0.408 e. The van der Waals surface area contributed by atoms with Gasteiger partial charge in [-0.05, 0) is 33.6 Å². The van der Waals surface area contributed by atoms with Gasteiger partial charge >= 0.3 is 12.1 Å². The van der Waals surface area contributed by atoms with Crippen molar-refractivity contribution in [2.24, 2.45) is 0 Å². The molecule has 0 aromatic heterocycles. The summed E-state index contributed by atoms with van der Waals surface area (Å²) in [6.07, 6.45) is 0.735. The van der Waals surface area contributed by atoms with E-state index in [1.165, 1.54) is 7.11 Å². The van der Waals surface area contributed by atoms with E-state index in [0.29, 0.717) is 6.42 Å². The third-order valence-electron chi connectivity index (χ3n) is 2.50. The Morgan fingerprint density at radius 1 is 1.19 bits per heavy atom. The van der Waals surface area contributed by atoms with Gasteiger partial charge in [0.2, 0.25) is 0 Å². The molecule has 0 aromatic carbocycles. The second-order valence-corrected chi connectivity index (χ2v) is 6.88. The van der Waals surface area contributed by atoms with Gasteiger partial charge in [0, 0.05) is 0 Å². The van der Waals surface area contributed by atoms with Gasteiger partial charge in [-0.15, -0.1) is 0 Å². The van der Waals surface area contributed by atoms with Gasteiger partial charge in [-0.1, -0.05) is 0 Å². The number of nitrogens with zero attached hydrogens (tertiary/aromatic N) is 1. The minimum absolute atomic E-state index is 0. The number of esters is 1. The molecule has 0 aliphatic carbocycles. The normalized spacial score (nSPS) is 12.9. The maximum absolute atomic E-state index is 11.7. The Morgan fingerprint density at radius 2 is 1.71 bits per heavy atom. The Kier molecular flexibility index (Phi) is 10.2. The predicted octanol–water partition coefficient (Wildman–Crippen LogP) is -1.46. The zero-order valence-electron chi connectivity index (χ0n) is 14.2. The summed E-state index contributed by atoms with van der Waals surface area (Å²) in [5.41, 5.74) is -0.590. The number of ether oxygens (including phenoxy) is 2. The average Bonchev–Trinajstić information content (AvgIpc) is 2.22. The van der Waals surface area contributed by atoms with Crippen LogP contribution >= 0.6 is 0 Å². The lowest BCUT2D eigenvalue weighted by molar-refractivity contribution is -0.870. The maximum atomic E-state index is 11.7. The standard InChI is InChI=1S/C14H28N2O4.HI/c1-14(2,3)20-13(18)15-11(12(17)19-7)9-8-10-16(4,5)6;/h11H,8-10H2,1-7H3;1H. The van der Waals surface area contributed by atoms with Gasteiger partial charge in [0.25, 0.3) is 0 Å². The van der Waals surface area contributed by atoms with Gasteiger partial charge < -0.3 is 43.3 Å². The third kappa shape index (κ3) is 12.9. The van der Waals surface area contributed by atoms with Crippen LogP contribution in [0.5, 0.6) is 0 Å². The van der Waals surface area contributed by atoms with Crippen LogP contribution < -0.4 is 29.3 Å². The molecule has 0 bridgehead atoms. The number of carbonyl (C=O) groups excluding carboxylic acids is 2. The summed E-state index contributed by atoms with van der Waals surface area (Å²) in [6, 6.07) is -0.665. The van der Waals surface area contributed by atoms with Crippen molar-refractivity contribution in [2.75, 3.05) is 34.8 Å². The number of amides is 1. The van der Waals surface area contributed by atoms with E-state index in [-0.39, 0.29) is 24.0 Å². The van der Waals surface area contributed by atoms with Crippen molar-refractivity contribution in [1.29, 1.82) is 0 Å². The highest BCUT2D eigenvalue weighted by molar-refractivity contribution is 5.81. The zero-order valence-corrected chi connectivity index (χ0v) is 16.3. The van der Waals surface area contributed by atoms with Crippen molar-refractivity contribution in [3.8, 4) is 0 Å². The van der Waals surface area contributed by atoms with E-state index >= 15 is 0 Å². The lowest BCUT2D eigenvalue weighted by atomic mass is 10.1. The van der Waals surface area contributed by atoms with Gasteiger partial charge in [0.05, 0.1) is 34.8 Å².